The molecular weight excluding hydrogens is 638 g/mol. The van der Waals surface area contributed by atoms with Crippen LogP contribution in [0.2, 0.25) is 0 Å². The number of hydrogen-bond acceptors (Lipinski definition) is 16. The number of primary amides is 1. The lowest BCUT2D eigenvalue weighted by atomic mass is 10.1. The number of imidazole rings is 1. The number of phosphoric acid groups is 2. The van der Waals surface area contributed by atoms with Crippen molar-refractivity contribution in [3.05, 3.63) is 47.1 Å². The van der Waals surface area contributed by atoms with Crippen molar-refractivity contribution in [2.24, 2.45) is 5.73 Å². The minimum Gasteiger partial charge on any atom is -0.387 e. The second kappa shape index (κ2) is 12.5. The van der Waals surface area contributed by atoms with Crippen molar-refractivity contribution in [2.45, 2.75) is 55.5 Å². The number of aromatic nitrogens is 4. The van der Waals surface area contributed by atoms with Crippen molar-refractivity contribution in [3.8, 4) is 0 Å². The average Bonchev–Trinajstić information content (AvgIpc) is 3.61. The number of nitrogens with two attached hydrogens (primary N) is 1. The zero-order chi connectivity index (χ0) is 32.0. The molecule has 0 aliphatic carbocycles. The highest BCUT2D eigenvalue weighted by Gasteiger charge is 2.48. The molecule has 2 fully saturated rings. The second-order valence-electron chi connectivity index (χ2n) is 9.81. The number of ether oxygens (including phenoxy) is 2. The first-order valence-corrected chi connectivity index (χ1v) is 15.7. The fourth-order valence-electron chi connectivity index (χ4n) is 4.67. The first-order chi connectivity index (χ1) is 20.7. The summed E-state index contributed by atoms with van der Waals surface area (Å²) in [5.74, 6) is -0.715. The van der Waals surface area contributed by atoms with Gasteiger partial charge in [0.05, 0.1) is 25.9 Å². The summed E-state index contributed by atoms with van der Waals surface area (Å²) in [7, 11) is -10.8. The van der Waals surface area contributed by atoms with Crippen molar-refractivity contribution >= 4 is 32.7 Å². The van der Waals surface area contributed by atoms with Gasteiger partial charge in [0.1, 0.15) is 36.6 Å². The van der Waals surface area contributed by atoms with Crippen LogP contribution < -0.4 is 11.3 Å². The van der Waals surface area contributed by atoms with E-state index >= 15 is 0 Å². The molecular formula is C21H28N6O15P2. The molecule has 9 N–H and O–H groups in total. The number of aliphatic hydroxyl groups is 4. The molecule has 44 heavy (non-hydrogen) atoms. The maximum atomic E-state index is 12.4. The Morgan fingerprint density at radius 2 is 1.59 bits per heavy atom. The molecule has 0 saturated carbocycles. The number of aliphatic hydroxyl groups excluding tert-OH is 4. The van der Waals surface area contributed by atoms with Gasteiger partial charge in [0.15, 0.2) is 23.6 Å². The van der Waals surface area contributed by atoms with Crippen LogP contribution in [0, 0.1) is 0 Å². The molecule has 3 aliphatic rings. The lowest BCUT2D eigenvalue weighted by Gasteiger charge is -2.28. The van der Waals surface area contributed by atoms with Gasteiger partial charge in [-0.3, -0.25) is 23.2 Å². The molecule has 23 heteroatoms. The van der Waals surface area contributed by atoms with Gasteiger partial charge in [-0.05, 0) is 6.42 Å². The third-order valence-electron chi connectivity index (χ3n) is 6.85. The summed E-state index contributed by atoms with van der Waals surface area (Å²) in [5, 5.41) is 41.6. The predicted molar refractivity (Wildman–Crippen MR) is 140 cm³/mol. The Morgan fingerprint density at radius 1 is 1.00 bits per heavy atom. The highest BCUT2D eigenvalue weighted by molar-refractivity contribution is 7.61. The van der Waals surface area contributed by atoms with Gasteiger partial charge >= 0.3 is 15.6 Å². The number of nitrogens with one attached hydrogen (secondary N) is 1. The van der Waals surface area contributed by atoms with E-state index in [1.807, 2.05) is 0 Å². The Kier molecular flexibility index (Phi) is 9.23. The molecule has 10 atom stereocenters. The molecule has 0 bridgehead atoms. The summed E-state index contributed by atoms with van der Waals surface area (Å²) < 4.78 is 50.6. The van der Waals surface area contributed by atoms with Gasteiger partial charge in [0.2, 0.25) is 5.91 Å². The Morgan fingerprint density at radius 3 is 2.20 bits per heavy atom. The molecule has 2 aromatic heterocycles. The van der Waals surface area contributed by atoms with Gasteiger partial charge in [0, 0.05) is 18.0 Å². The lowest BCUT2D eigenvalue weighted by molar-refractivity contribution is -0.115. The standard InChI is InChI=1S/C21H28N6O15P2/c22-17(32)9-2-1-3-26(4-9)20-15(30)13(28)10(40-20)5-38-43(34,35)42-44(36,37)39-6-11-14(29)16(31)21(41-11)27-8-25-12-18(27)23-7-24-19(12)33/h1,3-4,7-8,10-11,13-16,20-21,28-31H,2,5-6H2,(H2,22,32)(H,34,35)(H,36,37)(H,23,24,33)/t10-,11+,13+,14-,15+,16-,20-,21+/m1/s1. The number of nitrogens with zero attached hydrogens (tertiary/aromatic N) is 4. The van der Waals surface area contributed by atoms with E-state index in [0.717, 1.165) is 17.2 Å². The van der Waals surface area contributed by atoms with Crippen LogP contribution in [0.15, 0.2) is 41.5 Å². The van der Waals surface area contributed by atoms with E-state index in [9.17, 15) is 48.9 Å². The summed E-state index contributed by atoms with van der Waals surface area (Å²) in [6.07, 6.45) is -5.30. The smallest absolute Gasteiger partial charge is 0.387 e. The average molecular weight is 666 g/mol. The first-order valence-electron chi connectivity index (χ1n) is 12.7. The number of hydrogen-bond donors (Lipinski definition) is 8. The van der Waals surface area contributed by atoms with E-state index < -0.39 is 89.4 Å². The van der Waals surface area contributed by atoms with Crippen LogP contribution in [0.5, 0.6) is 0 Å². The fourth-order valence-corrected chi connectivity index (χ4v) is 6.76. The Balaban J connectivity index is 1.15. The zero-order valence-corrected chi connectivity index (χ0v) is 24.0. The largest absolute Gasteiger partial charge is 0.481 e. The third kappa shape index (κ3) is 6.70. The van der Waals surface area contributed by atoms with Gasteiger partial charge in [-0.1, -0.05) is 6.08 Å². The van der Waals surface area contributed by atoms with Gasteiger partial charge in [-0.2, -0.15) is 4.31 Å². The number of H-pyrrole nitrogens is 1. The van der Waals surface area contributed by atoms with Crippen LogP contribution in [0.4, 0.5) is 0 Å². The SMILES string of the molecule is NC(=O)C1=CN([C@@H]2O[C@H](COP(=O)(O)OP(=O)(O)OC[C@@H]3O[C@H](n4cnc5c(=O)[nH]cnc54)[C@H](O)[C@@H]3O)[C@H](O)[C@@H]2O)C=CC1. The molecule has 2 unspecified atom stereocenters. The van der Waals surface area contributed by atoms with E-state index in [1.54, 1.807) is 6.08 Å². The van der Waals surface area contributed by atoms with Crippen molar-refractivity contribution in [2.75, 3.05) is 13.2 Å². The molecule has 0 radical (unpaired) electrons. The van der Waals surface area contributed by atoms with Crippen LogP contribution in [-0.2, 0) is 36.8 Å². The number of rotatable bonds is 11. The van der Waals surface area contributed by atoms with Crippen molar-refractivity contribution < 1.29 is 67.0 Å². The zero-order valence-electron chi connectivity index (χ0n) is 22.2. The molecule has 242 valence electrons. The summed E-state index contributed by atoms with van der Waals surface area (Å²) in [6.45, 7) is -1.83. The number of carbonyl (C=O) groups excluding carboxylic acids is 1. The van der Waals surface area contributed by atoms with E-state index in [1.165, 1.54) is 17.3 Å². The van der Waals surface area contributed by atoms with Crippen molar-refractivity contribution in [1.82, 2.24) is 24.4 Å². The summed E-state index contributed by atoms with van der Waals surface area (Å²) in [4.78, 5) is 54.8. The number of fused-ring (bicyclic) bond motifs is 1. The summed E-state index contributed by atoms with van der Waals surface area (Å²) >= 11 is 0. The van der Waals surface area contributed by atoms with Gasteiger partial charge in [-0.25, -0.2) is 19.1 Å². The van der Waals surface area contributed by atoms with Crippen LogP contribution in [0.3, 0.4) is 0 Å². The molecule has 3 aliphatic heterocycles. The van der Waals surface area contributed by atoms with Crippen LogP contribution >= 0.6 is 15.6 Å². The van der Waals surface area contributed by atoms with Crippen molar-refractivity contribution in [3.63, 3.8) is 0 Å². The number of phosphoric ester groups is 2. The lowest BCUT2D eigenvalue weighted by Crippen LogP contribution is -2.40. The molecule has 2 saturated heterocycles. The summed E-state index contributed by atoms with van der Waals surface area (Å²) in [5.41, 5.74) is 4.81. The van der Waals surface area contributed by atoms with E-state index in [2.05, 4.69) is 28.3 Å². The molecule has 1 amide bonds. The Hall–Kier alpha value is -2.88. The number of amides is 1. The van der Waals surface area contributed by atoms with Crippen molar-refractivity contribution in [1.29, 1.82) is 0 Å². The minimum absolute atomic E-state index is 0.00979. The highest BCUT2D eigenvalue weighted by Crippen LogP contribution is 2.60. The predicted octanol–water partition coefficient (Wildman–Crippen LogP) is -2.98. The summed E-state index contributed by atoms with van der Waals surface area (Å²) in [6, 6.07) is 0. The first kappa shape index (κ1) is 32.5. The van der Waals surface area contributed by atoms with E-state index in [-0.39, 0.29) is 23.2 Å². The molecule has 2 aromatic rings. The maximum absolute atomic E-state index is 12.4. The fraction of sp³-hybridized carbons (Fsp3) is 0.524. The third-order valence-corrected chi connectivity index (χ3v) is 9.46. The quantitative estimate of drug-likeness (QED) is 0.111. The van der Waals surface area contributed by atoms with Gasteiger partial charge in [-0.15, -0.1) is 0 Å². The second-order valence-corrected chi connectivity index (χ2v) is 12.9. The maximum Gasteiger partial charge on any atom is 0.481 e. The van der Waals surface area contributed by atoms with Gasteiger partial charge < -0.3 is 55.3 Å². The number of aromatic amines is 1. The number of allylic oxidation sites excluding steroid dienone is 1. The van der Waals surface area contributed by atoms with Gasteiger partial charge in [0.25, 0.3) is 5.56 Å². The minimum atomic E-state index is -5.39. The normalized spacial score (nSPS) is 33.3. The number of carbonyl (C=O) groups is 1. The van der Waals surface area contributed by atoms with E-state index in [4.69, 9.17) is 15.2 Å². The van der Waals surface area contributed by atoms with E-state index in [0.29, 0.717) is 0 Å². The topological polar surface area (TPSA) is 312 Å². The van der Waals surface area contributed by atoms with Crippen LogP contribution in [-0.4, -0.2) is 117 Å². The Bertz CT molecular complexity index is 1610. The van der Waals surface area contributed by atoms with Crippen LogP contribution in [0.1, 0.15) is 12.6 Å². The molecule has 5 rings (SSSR count). The molecule has 0 spiro atoms. The molecule has 21 nitrogen and oxygen atoms in total. The monoisotopic (exact) mass is 666 g/mol. The highest BCUT2D eigenvalue weighted by atomic mass is 31.3. The molecule has 5 heterocycles. The van der Waals surface area contributed by atoms with Crippen LogP contribution in [0.25, 0.3) is 11.2 Å². The Labute approximate surface area is 245 Å². The molecule has 0 aromatic carbocycles.